The number of nitro benzene ring substituents is 1. The molecule has 0 saturated carbocycles. The number of rotatable bonds is 3. The Bertz CT molecular complexity index is 1230. The van der Waals surface area contributed by atoms with E-state index >= 15 is 0 Å². The van der Waals surface area contributed by atoms with Gasteiger partial charge in [-0.1, -0.05) is 30.3 Å². The summed E-state index contributed by atoms with van der Waals surface area (Å²) in [7, 11) is 0. The van der Waals surface area contributed by atoms with Crippen LogP contribution in [0.1, 0.15) is 11.7 Å². The van der Waals surface area contributed by atoms with Crippen LogP contribution in [0.2, 0.25) is 0 Å². The number of hydrogen-bond acceptors (Lipinski definition) is 5. The van der Waals surface area contributed by atoms with Crippen molar-refractivity contribution in [2.45, 2.75) is 6.17 Å². The van der Waals surface area contributed by atoms with Crippen molar-refractivity contribution >= 4 is 34.4 Å². The second-order valence-electron chi connectivity index (χ2n) is 6.64. The van der Waals surface area contributed by atoms with Gasteiger partial charge in [-0.25, -0.2) is 14.3 Å². The summed E-state index contributed by atoms with van der Waals surface area (Å²) in [6, 6.07) is 22.6. The fraction of sp³-hybridized carbons (Fsp3) is 0.0476. The molecule has 8 heteroatoms. The van der Waals surface area contributed by atoms with Gasteiger partial charge in [0.25, 0.3) is 5.69 Å². The summed E-state index contributed by atoms with van der Waals surface area (Å²) in [6.07, 6.45) is -0.560. The molecule has 0 bridgehead atoms. The molecule has 5 rings (SSSR count). The van der Waals surface area contributed by atoms with Crippen molar-refractivity contribution < 1.29 is 9.72 Å². The van der Waals surface area contributed by atoms with Crippen molar-refractivity contribution in [1.82, 2.24) is 9.55 Å². The van der Waals surface area contributed by atoms with Gasteiger partial charge < -0.3 is 5.32 Å². The number of imidazole rings is 1. The Morgan fingerprint density at radius 2 is 1.62 bits per heavy atom. The Morgan fingerprint density at radius 3 is 2.34 bits per heavy atom. The molecule has 4 aromatic rings. The van der Waals surface area contributed by atoms with E-state index in [9.17, 15) is 14.9 Å². The van der Waals surface area contributed by atoms with Gasteiger partial charge in [-0.15, -0.1) is 0 Å². The van der Waals surface area contributed by atoms with Crippen LogP contribution in [0, 0.1) is 10.1 Å². The molecule has 3 aromatic carbocycles. The highest BCUT2D eigenvalue weighted by molar-refractivity contribution is 6.03. The molecular weight excluding hydrogens is 370 g/mol. The van der Waals surface area contributed by atoms with E-state index in [1.807, 2.05) is 54.6 Å². The van der Waals surface area contributed by atoms with Gasteiger partial charge >= 0.3 is 6.03 Å². The van der Waals surface area contributed by atoms with Crippen LogP contribution in [0.5, 0.6) is 0 Å². The average molecular weight is 385 g/mol. The molecule has 2 heterocycles. The second kappa shape index (κ2) is 6.45. The Morgan fingerprint density at radius 1 is 0.931 bits per heavy atom. The normalized spacial score (nSPS) is 15.8. The summed E-state index contributed by atoms with van der Waals surface area (Å²) in [5.41, 5.74) is 2.83. The zero-order chi connectivity index (χ0) is 20.0. The number of fused-ring (bicyclic) bond motifs is 3. The molecular formula is C21H15N5O3. The number of anilines is 2. The van der Waals surface area contributed by atoms with Gasteiger partial charge in [0.2, 0.25) is 5.95 Å². The van der Waals surface area contributed by atoms with E-state index in [4.69, 9.17) is 0 Å². The van der Waals surface area contributed by atoms with E-state index in [0.29, 0.717) is 28.2 Å². The standard InChI is InChI=1S/C21H15N5O3/c27-21-24(15-6-2-1-3-7-15)19(14-10-12-16(13-11-14)26(28)29)23-20-22-17-8-4-5-9-18(17)25(20)21/h1-13,19H,(H,22,23). The number of carbonyl (C=O) groups is 1. The predicted molar refractivity (Wildman–Crippen MR) is 109 cm³/mol. The Labute approximate surface area is 165 Å². The SMILES string of the molecule is O=C1N(c2ccccc2)C(c2ccc([N+](=O)[O-])cc2)Nc2nc3ccccc3n21. The number of nitro groups is 1. The molecule has 0 fully saturated rings. The summed E-state index contributed by atoms with van der Waals surface area (Å²) in [5, 5.41) is 14.3. The van der Waals surface area contributed by atoms with Gasteiger partial charge in [-0.2, -0.15) is 0 Å². The van der Waals surface area contributed by atoms with Crippen LogP contribution in [0.25, 0.3) is 11.0 Å². The zero-order valence-electron chi connectivity index (χ0n) is 15.1. The second-order valence-corrected chi connectivity index (χ2v) is 6.64. The lowest BCUT2D eigenvalue weighted by atomic mass is 10.1. The first-order valence-electron chi connectivity index (χ1n) is 9.00. The molecule has 1 atom stereocenters. The number of carbonyl (C=O) groups excluding carboxylic acids is 1. The average Bonchev–Trinajstić information content (AvgIpc) is 3.13. The lowest BCUT2D eigenvalue weighted by Gasteiger charge is -2.37. The number of nitrogens with one attached hydrogen (secondary N) is 1. The van der Waals surface area contributed by atoms with Crippen LogP contribution >= 0.6 is 0 Å². The number of hydrogen-bond donors (Lipinski definition) is 1. The first-order chi connectivity index (χ1) is 14.1. The van der Waals surface area contributed by atoms with Crippen molar-refractivity contribution in [2.24, 2.45) is 0 Å². The fourth-order valence-corrected chi connectivity index (χ4v) is 3.58. The summed E-state index contributed by atoms with van der Waals surface area (Å²) in [6.45, 7) is 0. The number of aromatic nitrogens is 2. The minimum atomic E-state index is -0.560. The molecule has 1 aliphatic heterocycles. The number of nitrogens with zero attached hydrogens (tertiary/aromatic N) is 4. The van der Waals surface area contributed by atoms with Gasteiger partial charge in [-0.3, -0.25) is 15.0 Å². The number of para-hydroxylation sites is 3. The van der Waals surface area contributed by atoms with Gasteiger partial charge in [-0.05, 0) is 42.0 Å². The highest BCUT2D eigenvalue weighted by Gasteiger charge is 2.36. The van der Waals surface area contributed by atoms with Crippen LogP contribution in [0.4, 0.5) is 22.1 Å². The molecule has 0 aliphatic carbocycles. The molecule has 142 valence electrons. The van der Waals surface area contributed by atoms with E-state index in [1.165, 1.54) is 12.1 Å². The predicted octanol–water partition coefficient (Wildman–Crippen LogP) is 4.54. The van der Waals surface area contributed by atoms with Gasteiger partial charge in [0.15, 0.2) is 0 Å². The van der Waals surface area contributed by atoms with Crippen molar-refractivity contribution in [3.8, 4) is 0 Å². The Kier molecular flexibility index (Phi) is 3.77. The number of non-ortho nitro benzene ring substituents is 1. The van der Waals surface area contributed by atoms with Crippen LogP contribution in [-0.4, -0.2) is 20.5 Å². The van der Waals surface area contributed by atoms with E-state index < -0.39 is 11.1 Å². The quantitative estimate of drug-likeness (QED) is 0.413. The van der Waals surface area contributed by atoms with Crippen LogP contribution < -0.4 is 10.2 Å². The number of benzene rings is 3. The van der Waals surface area contributed by atoms with Crippen molar-refractivity contribution in [2.75, 3.05) is 10.2 Å². The minimum absolute atomic E-state index is 0.00520. The molecule has 29 heavy (non-hydrogen) atoms. The van der Waals surface area contributed by atoms with Gasteiger partial charge in [0.05, 0.1) is 16.0 Å². The van der Waals surface area contributed by atoms with Crippen molar-refractivity contribution in [3.05, 3.63) is 94.5 Å². The maximum absolute atomic E-state index is 13.6. The lowest BCUT2D eigenvalue weighted by molar-refractivity contribution is -0.384. The summed E-state index contributed by atoms with van der Waals surface area (Å²) < 4.78 is 1.55. The fourth-order valence-electron chi connectivity index (χ4n) is 3.58. The third-order valence-corrected chi connectivity index (χ3v) is 4.94. The molecule has 1 unspecified atom stereocenters. The topological polar surface area (TPSA) is 93.3 Å². The molecule has 1 aliphatic rings. The minimum Gasteiger partial charge on any atom is -0.331 e. The molecule has 0 spiro atoms. The van der Waals surface area contributed by atoms with E-state index in [0.717, 1.165) is 0 Å². The Balaban J connectivity index is 1.68. The maximum atomic E-state index is 13.6. The highest BCUT2D eigenvalue weighted by atomic mass is 16.6. The third kappa shape index (κ3) is 2.69. The lowest BCUT2D eigenvalue weighted by Crippen LogP contribution is -2.46. The van der Waals surface area contributed by atoms with Crippen LogP contribution in [0.15, 0.2) is 78.9 Å². The first-order valence-corrected chi connectivity index (χ1v) is 9.00. The summed E-state index contributed by atoms with van der Waals surface area (Å²) >= 11 is 0. The summed E-state index contributed by atoms with van der Waals surface area (Å²) in [5.74, 6) is 0.437. The molecule has 1 N–H and O–H groups in total. The van der Waals surface area contributed by atoms with Crippen LogP contribution in [0.3, 0.4) is 0 Å². The van der Waals surface area contributed by atoms with Crippen molar-refractivity contribution in [3.63, 3.8) is 0 Å². The molecule has 1 aromatic heterocycles. The molecule has 8 nitrogen and oxygen atoms in total. The highest BCUT2D eigenvalue weighted by Crippen LogP contribution is 2.36. The molecule has 0 saturated heterocycles. The monoisotopic (exact) mass is 385 g/mol. The third-order valence-electron chi connectivity index (χ3n) is 4.94. The first kappa shape index (κ1) is 16.9. The Hall–Kier alpha value is -4.20. The largest absolute Gasteiger partial charge is 0.338 e. The van der Waals surface area contributed by atoms with Crippen molar-refractivity contribution in [1.29, 1.82) is 0 Å². The van der Waals surface area contributed by atoms with Gasteiger partial charge in [0, 0.05) is 17.8 Å². The maximum Gasteiger partial charge on any atom is 0.338 e. The van der Waals surface area contributed by atoms with Gasteiger partial charge in [0.1, 0.15) is 6.17 Å². The molecule has 1 amide bonds. The van der Waals surface area contributed by atoms with E-state index in [2.05, 4.69) is 10.3 Å². The van der Waals surface area contributed by atoms with E-state index in [-0.39, 0.29) is 11.7 Å². The number of amides is 1. The zero-order valence-corrected chi connectivity index (χ0v) is 15.1. The molecule has 0 radical (unpaired) electrons. The van der Waals surface area contributed by atoms with Crippen LogP contribution in [-0.2, 0) is 0 Å². The summed E-state index contributed by atoms with van der Waals surface area (Å²) in [4.78, 5) is 30.3. The smallest absolute Gasteiger partial charge is 0.331 e. The van der Waals surface area contributed by atoms with E-state index in [1.54, 1.807) is 21.6 Å².